The molecule has 0 aromatic heterocycles. The number of nitrogens with one attached hydrogen (secondary N) is 1. The van der Waals surface area contributed by atoms with Crippen LogP contribution in [0, 0.1) is 5.21 Å². The Bertz CT molecular complexity index is 553. The van der Waals surface area contributed by atoms with Crippen molar-refractivity contribution >= 4 is 16.0 Å². The van der Waals surface area contributed by atoms with Gasteiger partial charge in [0, 0.05) is 7.11 Å². The van der Waals surface area contributed by atoms with Crippen molar-refractivity contribution in [2.45, 2.75) is 18.4 Å². The van der Waals surface area contributed by atoms with Crippen LogP contribution in [0.2, 0.25) is 0 Å². The largest absolute Gasteiger partial charge is 0.733 e. The molecule has 8 nitrogen and oxygen atoms in total. The zero-order chi connectivity index (χ0) is 14.8. The molecule has 1 fully saturated rings. The molecule has 1 aliphatic rings. The molecular weight excluding hydrogens is 288 g/mol. The summed E-state index contributed by atoms with van der Waals surface area (Å²) in [5.74, 6) is 0.0383. The van der Waals surface area contributed by atoms with Gasteiger partial charge in [0.25, 0.3) is 0 Å². The Morgan fingerprint density at radius 3 is 2.45 bits per heavy atom. The lowest BCUT2D eigenvalue weighted by Crippen LogP contribution is -2.42. The first-order valence-electron chi connectivity index (χ1n) is 5.84. The summed E-state index contributed by atoms with van der Waals surface area (Å²) < 4.78 is 35.9. The van der Waals surface area contributed by atoms with Crippen LogP contribution in [-0.2, 0) is 15.0 Å². The van der Waals surface area contributed by atoms with Gasteiger partial charge < -0.3 is 19.4 Å². The fourth-order valence-electron chi connectivity index (χ4n) is 1.74. The Balaban J connectivity index is 2.01. The van der Waals surface area contributed by atoms with E-state index >= 15 is 0 Å². The molecule has 1 aromatic rings. The lowest BCUT2D eigenvalue weighted by atomic mass is 10.3. The monoisotopic (exact) mass is 303 g/mol. The van der Waals surface area contributed by atoms with Crippen molar-refractivity contribution in [1.82, 2.24) is 4.72 Å². The van der Waals surface area contributed by atoms with Crippen molar-refractivity contribution in [3.63, 3.8) is 0 Å². The van der Waals surface area contributed by atoms with Gasteiger partial charge in [0.1, 0.15) is 5.75 Å². The summed E-state index contributed by atoms with van der Waals surface area (Å²) in [6.45, 7) is 0.282. The maximum absolute atomic E-state index is 11.8. The standard InChI is InChI=1S/C11H15N2O6S/c1-18-8-11(6-7-11)12-20(16,17)19-10-4-2-9(3-5-10)13(14)15/h2-5,12,14H,6-8H2,1H3/q-1. The lowest BCUT2D eigenvalue weighted by molar-refractivity contribution is 0.166. The zero-order valence-corrected chi connectivity index (χ0v) is 11.6. The molecule has 1 aliphatic carbocycles. The molecule has 0 saturated heterocycles. The van der Waals surface area contributed by atoms with Crippen molar-refractivity contribution < 1.29 is 22.5 Å². The van der Waals surface area contributed by atoms with Gasteiger partial charge in [-0.1, -0.05) is 0 Å². The van der Waals surface area contributed by atoms with Crippen LogP contribution in [-0.4, -0.2) is 32.9 Å². The summed E-state index contributed by atoms with van der Waals surface area (Å²) in [5, 5.41) is 18.9. The Labute approximate surface area is 116 Å². The SMILES string of the molecule is COCC1(NS(=O)(=O)Oc2ccc(N([O-])O)cc2)CC1. The second-order valence-electron chi connectivity index (χ2n) is 4.62. The predicted molar refractivity (Wildman–Crippen MR) is 70.6 cm³/mol. The highest BCUT2D eigenvalue weighted by molar-refractivity contribution is 7.85. The van der Waals surface area contributed by atoms with Crippen LogP contribution < -0.4 is 14.1 Å². The van der Waals surface area contributed by atoms with E-state index in [9.17, 15) is 13.6 Å². The molecule has 0 spiro atoms. The van der Waals surface area contributed by atoms with Crippen molar-refractivity contribution in [2.24, 2.45) is 0 Å². The van der Waals surface area contributed by atoms with E-state index in [0.717, 1.165) is 0 Å². The molecular formula is C11H15N2O6S-. The molecule has 0 unspecified atom stereocenters. The van der Waals surface area contributed by atoms with Crippen molar-refractivity contribution in [1.29, 1.82) is 0 Å². The Hall–Kier alpha value is -1.39. The number of ether oxygens (including phenoxy) is 1. The van der Waals surface area contributed by atoms with Gasteiger partial charge in [-0.2, -0.15) is 13.1 Å². The first kappa shape index (κ1) is 15.0. The number of benzene rings is 1. The molecule has 0 atom stereocenters. The third kappa shape index (κ3) is 3.81. The minimum absolute atomic E-state index is 0.0271. The highest BCUT2D eigenvalue weighted by atomic mass is 32.2. The molecule has 0 bridgehead atoms. The number of rotatable bonds is 7. The fourth-order valence-corrected chi connectivity index (χ4v) is 2.94. The van der Waals surface area contributed by atoms with Gasteiger partial charge in [0.2, 0.25) is 0 Å². The van der Waals surface area contributed by atoms with E-state index in [-0.39, 0.29) is 23.3 Å². The van der Waals surface area contributed by atoms with Crippen molar-refractivity contribution in [3.8, 4) is 5.75 Å². The quantitative estimate of drug-likeness (QED) is 0.716. The predicted octanol–water partition coefficient (Wildman–Crippen LogP) is 0.772. The second-order valence-corrected chi connectivity index (χ2v) is 5.90. The summed E-state index contributed by atoms with van der Waals surface area (Å²) in [5.41, 5.74) is -0.606. The molecule has 112 valence electrons. The Morgan fingerprint density at radius 2 is 2.00 bits per heavy atom. The van der Waals surface area contributed by atoms with E-state index in [1.165, 1.54) is 31.4 Å². The highest BCUT2D eigenvalue weighted by Gasteiger charge is 2.46. The van der Waals surface area contributed by atoms with Crippen molar-refractivity contribution in [2.75, 3.05) is 18.9 Å². The summed E-state index contributed by atoms with van der Waals surface area (Å²) in [4.78, 5) is 0. The van der Waals surface area contributed by atoms with E-state index in [1.54, 1.807) is 0 Å². The van der Waals surface area contributed by atoms with E-state index in [1.807, 2.05) is 0 Å². The number of hydrogen-bond acceptors (Lipinski definition) is 7. The third-order valence-corrected chi connectivity index (χ3v) is 3.97. The highest BCUT2D eigenvalue weighted by Crippen LogP contribution is 2.36. The first-order chi connectivity index (χ1) is 9.36. The number of methoxy groups -OCH3 is 1. The van der Waals surface area contributed by atoms with Crippen LogP contribution in [0.4, 0.5) is 5.69 Å². The van der Waals surface area contributed by atoms with E-state index in [2.05, 4.69) is 4.72 Å². The topological polar surface area (TPSA) is 111 Å². The number of nitrogens with zero attached hydrogens (tertiary/aromatic N) is 1. The van der Waals surface area contributed by atoms with Crippen molar-refractivity contribution in [3.05, 3.63) is 29.5 Å². The van der Waals surface area contributed by atoms with Crippen LogP contribution in [0.5, 0.6) is 5.75 Å². The fraction of sp³-hybridized carbons (Fsp3) is 0.455. The van der Waals surface area contributed by atoms with E-state index in [4.69, 9.17) is 14.1 Å². The van der Waals surface area contributed by atoms with Gasteiger partial charge in [0.05, 0.1) is 17.8 Å². The van der Waals surface area contributed by atoms with E-state index in [0.29, 0.717) is 12.8 Å². The van der Waals surface area contributed by atoms with Crippen LogP contribution in [0.15, 0.2) is 24.3 Å². The lowest BCUT2D eigenvalue weighted by Gasteiger charge is -2.21. The zero-order valence-electron chi connectivity index (χ0n) is 10.8. The normalized spacial score (nSPS) is 16.8. The Morgan fingerprint density at radius 1 is 1.40 bits per heavy atom. The summed E-state index contributed by atoms with van der Waals surface area (Å²) >= 11 is 0. The summed E-state index contributed by atoms with van der Waals surface area (Å²) in [7, 11) is -2.47. The van der Waals surface area contributed by atoms with Gasteiger partial charge in [-0.15, -0.1) is 0 Å². The van der Waals surface area contributed by atoms with Gasteiger partial charge >= 0.3 is 10.3 Å². The minimum atomic E-state index is -3.97. The van der Waals surface area contributed by atoms with Gasteiger partial charge in [-0.25, -0.2) is 0 Å². The molecule has 0 radical (unpaired) electrons. The molecule has 9 heteroatoms. The number of anilines is 1. The Kier molecular flexibility index (Phi) is 4.16. The van der Waals surface area contributed by atoms with Gasteiger partial charge in [-0.05, 0) is 37.1 Å². The molecule has 20 heavy (non-hydrogen) atoms. The average Bonchev–Trinajstić information content (AvgIpc) is 3.08. The van der Waals surface area contributed by atoms with Gasteiger partial charge in [-0.3, -0.25) is 5.21 Å². The van der Waals surface area contributed by atoms with Gasteiger partial charge in [0.15, 0.2) is 0 Å². The van der Waals surface area contributed by atoms with Crippen LogP contribution in [0.1, 0.15) is 12.8 Å². The smallest absolute Gasteiger partial charge is 0.383 e. The third-order valence-electron chi connectivity index (χ3n) is 2.88. The minimum Gasteiger partial charge on any atom is -0.733 e. The first-order valence-corrected chi connectivity index (χ1v) is 7.25. The number of hydrogen-bond donors (Lipinski definition) is 2. The maximum Gasteiger partial charge on any atom is 0.383 e. The summed E-state index contributed by atoms with van der Waals surface area (Å²) in [6, 6.07) is 5.01. The molecule has 1 saturated carbocycles. The molecule has 0 aliphatic heterocycles. The molecule has 0 heterocycles. The molecule has 0 amide bonds. The summed E-state index contributed by atoms with van der Waals surface area (Å²) in [6.07, 6.45) is 1.38. The van der Waals surface area contributed by atoms with Crippen LogP contribution in [0.25, 0.3) is 0 Å². The van der Waals surface area contributed by atoms with E-state index < -0.39 is 15.8 Å². The molecule has 2 N–H and O–H groups in total. The average molecular weight is 303 g/mol. The van der Waals surface area contributed by atoms with Crippen LogP contribution >= 0.6 is 0 Å². The molecule has 1 aromatic carbocycles. The second kappa shape index (κ2) is 5.54. The van der Waals surface area contributed by atoms with Crippen LogP contribution in [0.3, 0.4) is 0 Å². The molecule has 2 rings (SSSR count). The maximum atomic E-state index is 11.8.